The number of rotatable bonds is 4. The smallest absolute Gasteiger partial charge is 0.337 e. The lowest BCUT2D eigenvalue weighted by atomic mass is 10.2. The Morgan fingerprint density at radius 1 is 1.24 bits per heavy atom. The number of hydrogen-bond donors (Lipinski definition) is 2. The molecular weight excluding hydrogens is 379 g/mol. The summed E-state index contributed by atoms with van der Waals surface area (Å²) in [6.45, 7) is 3.36. The Morgan fingerprint density at radius 3 is 2.69 bits per heavy atom. The first-order valence-corrected chi connectivity index (χ1v) is 8.73. The van der Waals surface area contributed by atoms with Gasteiger partial charge in [0.05, 0.1) is 17.3 Å². The molecule has 0 aliphatic carbocycles. The monoisotopic (exact) mass is 396 g/mol. The Labute approximate surface area is 164 Å². The van der Waals surface area contributed by atoms with Crippen molar-refractivity contribution >= 4 is 22.9 Å². The molecule has 8 nitrogen and oxygen atoms in total. The van der Waals surface area contributed by atoms with Crippen LogP contribution in [0.2, 0.25) is 0 Å². The normalized spacial score (nSPS) is 11.2. The van der Waals surface area contributed by atoms with E-state index >= 15 is 4.39 Å². The second-order valence-corrected chi connectivity index (χ2v) is 6.57. The second-order valence-electron chi connectivity index (χ2n) is 6.57. The summed E-state index contributed by atoms with van der Waals surface area (Å²) in [7, 11) is 1.51. The van der Waals surface area contributed by atoms with Crippen LogP contribution in [-0.2, 0) is 0 Å². The van der Waals surface area contributed by atoms with Crippen LogP contribution in [0.15, 0.2) is 36.8 Å². The Bertz CT molecular complexity index is 1310. The van der Waals surface area contributed by atoms with Crippen LogP contribution in [-0.4, -0.2) is 38.0 Å². The SMILES string of the molecule is CNC(=O)c1c(C)cc2c(F)c(Oc3ccnn4cc(C(=O)O)c(C)c34)ccn12. The molecule has 9 heteroatoms. The van der Waals surface area contributed by atoms with E-state index in [-0.39, 0.29) is 28.5 Å². The number of amides is 1. The third-order valence-electron chi connectivity index (χ3n) is 4.83. The first-order valence-electron chi connectivity index (χ1n) is 8.73. The van der Waals surface area contributed by atoms with E-state index in [1.165, 1.54) is 40.5 Å². The minimum absolute atomic E-state index is 0.0518. The zero-order valence-electron chi connectivity index (χ0n) is 15.9. The molecule has 29 heavy (non-hydrogen) atoms. The number of aryl methyl sites for hydroxylation is 2. The fraction of sp³-hybridized carbons (Fsp3) is 0.150. The topological polar surface area (TPSA) is 97.3 Å². The highest BCUT2D eigenvalue weighted by molar-refractivity contribution is 5.95. The third kappa shape index (κ3) is 2.78. The van der Waals surface area contributed by atoms with Crippen LogP contribution in [0.3, 0.4) is 0 Å². The number of aromatic carboxylic acids is 1. The number of nitrogens with zero attached hydrogens (tertiary/aromatic N) is 3. The van der Waals surface area contributed by atoms with Crippen molar-refractivity contribution in [3.8, 4) is 11.5 Å². The molecule has 0 aliphatic heterocycles. The molecule has 1 amide bonds. The second kappa shape index (κ2) is 6.62. The highest BCUT2D eigenvalue weighted by atomic mass is 19.1. The van der Waals surface area contributed by atoms with E-state index in [1.807, 2.05) is 0 Å². The van der Waals surface area contributed by atoms with Crippen molar-refractivity contribution < 1.29 is 23.8 Å². The molecule has 4 aromatic rings. The van der Waals surface area contributed by atoms with Crippen LogP contribution >= 0.6 is 0 Å². The van der Waals surface area contributed by atoms with E-state index in [9.17, 15) is 14.7 Å². The van der Waals surface area contributed by atoms with E-state index < -0.39 is 11.8 Å². The molecule has 0 fully saturated rings. The van der Waals surface area contributed by atoms with Gasteiger partial charge in [-0.1, -0.05) is 0 Å². The molecule has 0 spiro atoms. The lowest BCUT2D eigenvalue weighted by molar-refractivity contribution is 0.0696. The van der Waals surface area contributed by atoms with Crippen molar-refractivity contribution in [2.45, 2.75) is 13.8 Å². The number of pyridine rings is 1. The molecule has 0 aliphatic rings. The molecule has 0 unspecified atom stereocenters. The molecule has 0 aromatic carbocycles. The van der Waals surface area contributed by atoms with Gasteiger partial charge in [-0.05, 0) is 31.0 Å². The van der Waals surface area contributed by atoms with Gasteiger partial charge in [0.2, 0.25) is 0 Å². The Morgan fingerprint density at radius 2 is 2.00 bits per heavy atom. The van der Waals surface area contributed by atoms with Gasteiger partial charge in [0.1, 0.15) is 11.2 Å². The lowest BCUT2D eigenvalue weighted by Crippen LogP contribution is -2.20. The number of ether oxygens (including phenoxy) is 1. The van der Waals surface area contributed by atoms with Crippen molar-refractivity contribution in [2.75, 3.05) is 7.05 Å². The van der Waals surface area contributed by atoms with Crippen molar-refractivity contribution in [3.63, 3.8) is 0 Å². The number of halogens is 1. The summed E-state index contributed by atoms with van der Waals surface area (Å²) in [4.78, 5) is 23.5. The molecule has 4 heterocycles. The molecule has 2 N–H and O–H groups in total. The predicted molar refractivity (Wildman–Crippen MR) is 102 cm³/mol. The predicted octanol–water partition coefficient (Wildman–Crippen LogP) is 3.19. The molecule has 0 radical (unpaired) electrons. The van der Waals surface area contributed by atoms with Crippen LogP contribution < -0.4 is 10.1 Å². The summed E-state index contributed by atoms with van der Waals surface area (Å²) in [5.41, 5.74) is 2.14. The number of aromatic nitrogens is 3. The van der Waals surface area contributed by atoms with Crippen LogP contribution in [0.4, 0.5) is 4.39 Å². The fourth-order valence-corrected chi connectivity index (χ4v) is 3.44. The summed E-state index contributed by atoms with van der Waals surface area (Å²) in [6.07, 6.45) is 4.37. The standard InChI is InChI=1S/C20H17FN4O4/c1-10-8-13-16(21)14(5-7-24(13)17(10)19(26)22-3)29-15-4-6-23-25-9-12(20(27)28)11(2)18(15)25/h4-9H,1-3H3,(H,22,26)(H,27,28). The van der Waals surface area contributed by atoms with Gasteiger partial charge in [-0.2, -0.15) is 5.10 Å². The fourth-order valence-electron chi connectivity index (χ4n) is 3.44. The average molecular weight is 396 g/mol. The zero-order valence-corrected chi connectivity index (χ0v) is 15.9. The quantitative estimate of drug-likeness (QED) is 0.552. The Kier molecular flexibility index (Phi) is 4.22. The van der Waals surface area contributed by atoms with E-state index in [1.54, 1.807) is 26.1 Å². The van der Waals surface area contributed by atoms with E-state index in [0.717, 1.165) is 0 Å². The van der Waals surface area contributed by atoms with Gasteiger partial charge in [0.25, 0.3) is 5.91 Å². The van der Waals surface area contributed by atoms with Gasteiger partial charge in [0, 0.05) is 31.6 Å². The third-order valence-corrected chi connectivity index (χ3v) is 4.83. The van der Waals surface area contributed by atoms with Crippen LogP contribution in [0.5, 0.6) is 11.5 Å². The highest BCUT2D eigenvalue weighted by Crippen LogP contribution is 2.33. The molecule has 0 saturated carbocycles. The molecule has 148 valence electrons. The maximum atomic E-state index is 15.2. The van der Waals surface area contributed by atoms with Crippen LogP contribution in [0, 0.1) is 19.7 Å². The molecule has 4 aromatic heterocycles. The van der Waals surface area contributed by atoms with Gasteiger partial charge in [0.15, 0.2) is 17.3 Å². The summed E-state index contributed by atoms with van der Waals surface area (Å²) >= 11 is 0. The van der Waals surface area contributed by atoms with Crippen LogP contribution in [0.25, 0.3) is 11.0 Å². The summed E-state index contributed by atoms with van der Waals surface area (Å²) in [5.74, 6) is -1.83. The van der Waals surface area contributed by atoms with Crippen molar-refractivity contribution in [3.05, 3.63) is 65.0 Å². The van der Waals surface area contributed by atoms with Gasteiger partial charge in [-0.25, -0.2) is 13.7 Å². The van der Waals surface area contributed by atoms with E-state index in [0.29, 0.717) is 22.3 Å². The minimum atomic E-state index is -1.09. The van der Waals surface area contributed by atoms with Gasteiger partial charge < -0.3 is 19.6 Å². The van der Waals surface area contributed by atoms with Crippen molar-refractivity contribution in [2.24, 2.45) is 0 Å². The van der Waals surface area contributed by atoms with Crippen LogP contribution in [0.1, 0.15) is 32.0 Å². The van der Waals surface area contributed by atoms with E-state index in [4.69, 9.17) is 4.74 Å². The summed E-state index contributed by atoms with van der Waals surface area (Å²) in [5, 5.41) is 16.0. The first-order chi connectivity index (χ1) is 13.8. The summed E-state index contributed by atoms with van der Waals surface area (Å²) < 4.78 is 23.8. The number of hydrogen-bond acceptors (Lipinski definition) is 4. The number of nitrogens with one attached hydrogen (secondary N) is 1. The largest absolute Gasteiger partial charge is 0.478 e. The van der Waals surface area contributed by atoms with Gasteiger partial charge >= 0.3 is 5.97 Å². The summed E-state index contributed by atoms with van der Waals surface area (Å²) in [6, 6.07) is 4.53. The Balaban J connectivity index is 1.84. The number of carboxylic acid groups (broad SMARTS) is 1. The minimum Gasteiger partial charge on any atom is -0.478 e. The molecular formula is C20H17FN4O4. The number of carbonyl (C=O) groups is 2. The number of carboxylic acids is 1. The average Bonchev–Trinajstić information content (AvgIpc) is 3.21. The highest BCUT2D eigenvalue weighted by Gasteiger charge is 2.21. The van der Waals surface area contributed by atoms with E-state index in [2.05, 4.69) is 10.4 Å². The molecule has 0 saturated heterocycles. The number of fused-ring (bicyclic) bond motifs is 2. The Hall–Kier alpha value is -3.88. The maximum Gasteiger partial charge on any atom is 0.337 e. The maximum absolute atomic E-state index is 15.2. The molecule has 0 atom stereocenters. The molecule has 4 rings (SSSR count). The van der Waals surface area contributed by atoms with Gasteiger partial charge in [-0.15, -0.1) is 0 Å². The first kappa shape index (κ1) is 18.5. The number of carbonyl (C=O) groups excluding carboxylic acids is 1. The van der Waals surface area contributed by atoms with Crippen molar-refractivity contribution in [1.29, 1.82) is 0 Å². The molecule has 0 bridgehead atoms. The van der Waals surface area contributed by atoms with Gasteiger partial charge in [-0.3, -0.25) is 4.79 Å². The zero-order chi connectivity index (χ0) is 20.9. The lowest BCUT2D eigenvalue weighted by Gasteiger charge is -2.11. The van der Waals surface area contributed by atoms with Crippen molar-refractivity contribution in [1.82, 2.24) is 19.3 Å².